The van der Waals surface area contributed by atoms with Gasteiger partial charge >= 0.3 is 5.97 Å². The molecule has 1 atom stereocenters. The van der Waals surface area contributed by atoms with Gasteiger partial charge in [0, 0.05) is 84.7 Å². The molecule has 0 radical (unpaired) electrons. The summed E-state index contributed by atoms with van der Waals surface area (Å²) >= 11 is 12.8. The molecule has 5 heterocycles. The summed E-state index contributed by atoms with van der Waals surface area (Å²) in [6, 6.07) is 17.5. The molecule has 3 aromatic heterocycles. The van der Waals surface area contributed by atoms with Crippen LogP contribution in [0, 0.1) is 17.7 Å². The van der Waals surface area contributed by atoms with Crippen molar-refractivity contribution < 1.29 is 38.5 Å². The third-order valence-electron chi connectivity index (χ3n) is 13.7. The highest BCUT2D eigenvalue weighted by Crippen LogP contribution is 2.39. The first-order chi connectivity index (χ1) is 36.0. The van der Waals surface area contributed by atoms with Crippen LogP contribution in [0.15, 0.2) is 79.1 Å². The number of esters is 1. The Morgan fingerprint density at radius 1 is 0.880 bits per heavy atom. The lowest BCUT2D eigenvalue weighted by Gasteiger charge is -2.37. The van der Waals surface area contributed by atoms with Crippen LogP contribution in [-0.4, -0.2) is 114 Å². The summed E-state index contributed by atoms with van der Waals surface area (Å²) in [6.07, 6.45) is 5.95. The number of phenols is 2. The predicted molar refractivity (Wildman–Crippen MR) is 285 cm³/mol. The number of piperidine rings is 2. The summed E-state index contributed by atoms with van der Waals surface area (Å²) in [5, 5.41) is 39.6. The number of nitrogens with one attached hydrogen (secondary N) is 4. The molecule has 2 saturated heterocycles. The summed E-state index contributed by atoms with van der Waals surface area (Å²) in [7, 11) is 0. The van der Waals surface area contributed by atoms with Crippen molar-refractivity contribution in [3.63, 3.8) is 0 Å². The number of pyridine rings is 1. The molecule has 2 aliphatic rings. The van der Waals surface area contributed by atoms with Crippen LogP contribution in [-0.2, 0) is 20.9 Å². The van der Waals surface area contributed by atoms with Crippen molar-refractivity contribution in [1.82, 2.24) is 45.2 Å². The zero-order chi connectivity index (χ0) is 53.5. The lowest BCUT2D eigenvalue weighted by Crippen LogP contribution is -2.45. The molecule has 6 aromatic rings. The van der Waals surface area contributed by atoms with E-state index in [-0.39, 0.29) is 82.8 Å². The number of ether oxygens (including phenoxy) is 1. The smallest absolute Gasteiger partial charge is 0.306 e. The summed E-state index contributed by atoms with van der Waals surface area (Å²) in [5.74, 6) is -1.72. The highest BCUT2D eigenvalue weighted by Gasteiger charge is 2.33. The first kappa shape index (κ1) is 54.2. The molecule has 17 nitrogen and oxygen atoms in total. The molecule has 3 aromatic carbocycles. The number of benzene rings is 3. The number of H-pyrrole nitrogens is 1. The molecule has 75 heavy (non-hydrogen) atoms. The minimum absolute atomic E-state index is 0.0203. The quantitative estimate of drug-likeness (QED) is 0.0444. The van der Waals surface area contributed by atoms with Gasteiger partial charge in [-0.25, -0.2) is 9.37 Å². The molecule has 0 bridgehead atoms. The van der Waals surface area contributed by atoms with Crippen LogP contribution in [0.25, 0.3) is 28.2 Å². The number of aromatic amines is 1. The lowest BCUT2D eigenvalue weighted by molar-refractivity contribution is -0.146. The zero-order valence-corrected chi connectivity index (χ0v) is 44.1. The second kappa shape index (κ2) is 24.1. The van der Waals surface area contributed by atoms with E-state index in [0.717, 1.165) is 0 Å². The van der Waals surface area contributed by atoms with E-state index in [2.05, 4.69) is 41.0 Å². The van der Waals surface area contributed by atoms with Crippen molar-refractivity contribution in [2.45, 2.75) is 91.3 Å². The molecule has 20 heteroatoms. The molecule has 2 fully saturated rings. The standard InChI is InChI=1S/C55H63Cl2FN10O7/c1-6-59-54(73)52-65-64-51(42-24-40(31(2)3)47(69)26-48(42)70)68(52)39-11-10-36(44(58)23-39)29-66-16-14-34(15-17-66)55(74)67-18-12-33(13-19-67)20-50(71)75-30-46(35-8-7-9-38(56)21-35)63-53(72)45-22-37(27-60-45)41-25-49(62-32(4)5)61-28-43(41)57/h7-11,21-28,31-34,46,60,69-70H,6,12-20,29-30H2,1-5H3,(H,59,73)(H,61,62)(H,63,72)/t46-/m1/s1. The van der Waals surface area contributed by atoms with Crippen molar-refractivity contribution in [2.24, 2.45) is 11.8 Å². The maximum absolute atomic E-state index is 16.0. The number of aromatic nitrogens is 5. The highest BCUT2D eigenvalue weighted by molar-refractivity contribution is 6.33. The van der Waals surface area contributed by atoms with Crippen molar-refractivity contribution >= 4 is 52.7 Å². The molecule has 0 spiro atoms. The van der Waals surface area contributed by atoms with E-state index in [1.165, 1.54) is 16.7 Å². The van der Waals surface area contributed by atoms with Gasteiger partial charge < -0.3 is 40.8 Å². The number of carbonyl (C=O) groups is 4. The Balaban J connectivity index is 0.821. The van der Waals surface area contributed by atoms with E-state index >= 15 is 4.39 Å². The zero-order valence-electron chi connectivity index (χ0n) is 42.6. The van der Waals surface area contributed by atoms with Crippen LogP contribution < -0.4 is 16.0 Å². The Kier molecular flexibility index (Phi) is 17.4. The second-order valence-corrected chi connectivity index (χ2v) is 20.7. The summed E-state index contributed by atoms with van der Waals surface area (Å²) in [5.41, 5.74) is 3.83. The number of likely N-dealkylation sites (tertiary alicyclic amines) is 2. The van der Waals surface area contributed by atoms with Gasteiger partial charge in [-0.2, -0.15) is 0 Å². The van der Waals surface area contributed by atoms with E-state index in [4.69, 9.17) is 27.9 Å². The number of halogens is 3. The fourth-order valence-corrected chi connectivity index (χ4v) is 10.1. The Labute approximate surface area is 445 Å². The largest absolute Gasteiger partial charge is 0.508 e. The second-order valence-electron chi connectivity index (χ2n) is 19.8. The Morgan fingerprint density at radius 3 is 2.33 bits per heavy atom. The Morgan fingerprint density at radius 2 is 1.64 bits per heavy atom. The Bertz CT molecular complexity index is 3040. The van der Waals surface area contributed by atoms with Crippen LogP contribution in [0.1, 0.15) is 116 Å². The number of carbonyl (C=O) groups excluding carboxylic acids is 4. The normalized spacial score (nSPS) is 15.0. The average Bonchev–Trinajstić information content (AvgIpc) is 4.06. The third kappa shape index (κ3) is 13.1. The van der Waals surface area contributed by atoms with Crippen LogP contribution in [0.4, 0.5) is 10.2 Å². The van der Waals surface area contributed by atoms with Gasteiger partial charge in [-0.15, -0.1) is 10.2 Å². The molecule has 0 aliphatic carbocycles. The third-order valence-corrected chi connectivity index (χ3v) is 14.3. The van der Waals surface area contributed by atoms with Crippen LogP contribution in [0.3, 0.4) is 0 Å². The van der Waals surface area contributed by atoms with E-state index in [1.54, 1.807) is 67.8 Å². The SMILES string of the molecule is CCNC(=O)c1nnc(-c2cc(C(C)C)c(O)cc2O)n1-c1ccc(CN2CCC(C(=O)N3CCC(CC(=O)OC[C@@H](NC(=O)c4cc(-c5cc(NC(C)C)ncc5Cl)c[nH]4)c4cccc(Cl)c4)CC3)CC2)c(F)c1. The number of hydrogen-bond acceptors (Lipinski definition) is 12. The summed E-state index contributed by atoms with van der Waals surface area (Å²) in [4.78, 5) is 65.2. The maximum Gasteiger partial charge on any atom is 0.306 e. The fraction of sp³-hybridized carbons (Fsp3) is 0.400. The van der Waals surface area contributed by atoms with E-state index in [1.807, 2.05) is 38.7 Å². The van der Waals surface area contributed by atoms with Crippen molar-refractivity contribution in [3.05, 3.63) is 123 Å². The molecule has 0 unspecified atom stereocenters. The molecular weight excluding hydrogens is 1000 g/mol. The number of phenolic OH excluding ortho intramolecular Hbond substituents is 2. The van der Waals surface area contributed by atoms with Gasteiger partial charge in [0.2, 0.25) is 11.7 Å². The highest BCUT2D eigenvalue weighted by atomic mass is 35.5. The number of amides is 3. The van der Waals surface area contributed by atoms with Gasteiger partial charge in [0.1, 0.15) is 35.4 Å². The van der Waals surface area contributed by atoms with Gasteiger partial charge in [0.25, 0.3) is 11.8 Å². The maximum atomic E-state index is 16.0. The fourth-order valence-electron chi connectivity index (χ4n) is 9.69. The first-order valence-electron chi connectivity index (χ1n) is 25.4. The van der Waals surface area contributed by atoms with Crippen LogP contribution >= 0.6 is 23.2 Å². The first-order valence-corrected chi connectivity index (χ1v) is 26.1. The minimum Gasteiger partial charge on any atom is -0.508 e. The van der Waals surface area contributed by atoms with Crippen LogP contribution in [0.2, 0.25) is 10.0 Å². The Hall–Kier alpha value is -7.02. The predicted octanol–water partition coefficient (Wildman–Crippen LogP) is 9.43. The molecular formula is C55H63Cl2FN10O7. The molecule has 0 saturated carbocycles. The van der Waals surface area contributed by atoms with Crippen molar-refractivity contribution in [2.75, 3.05) is 44.6 Å². The van der Waals surface area contributed by atoms with E-state index in [9.17, 15) is 29.4 Å². The average molecular weight is 1070 g/mol. The lowest BCUT2D eigenvalue weighted by atomic mass is 9.90. The van der Waals surface area contributed by atoms with Gasteiger partial charge in [-0.3, -0.25) is 28.6 Å². The van der Waals surface area contributed by atoms with Crippen LogP contribution in [0.5, 0.6) is 11.5 Å². The van der Waals surface area contributed by atoms with Gasteiger partial charge in [0.05, 0.1) is 22.3 Å². The summed E-state index contributed by atoms with van der Waals surface area (Å²) < 4.78 is 23.2. The monoisotopic (exact) mass is 1060 g/mol. The van der Waals surface area contributed by atoms with Crippen molar-refractivity contribution in [3.8, 4) is 39.7 Å². The molecule has 6 N–H and O–H groups in total. The number of aromatic hydroxyl groups is 2. The summed E-state index contributed by atoms with van der Waals surface area (Å²) in [6.45, 7) is 12.3. The number of rotatable bonds is 18. The van der Waals surface area contributed by atoms with Gasteiger partial charge in [0.15, 0.2) is 5.82 Å². The molecule has 3 amide bonds. The van der Waals surface area contributed by atoms with E-state index in [0.29, 0.717) is 109 Å². The van der Waals surface area contributed by atoms with Gasteiger partial charge in [-0.1, -0.05) is 55.2 Å². The van der Waals surface area contributed by atoms with Gasteiger partial charge in [-0.05, 0) is 125 Å². The topological polar surface area (TPSA) is 220 Å². The number of nitrogens with zero attached hydrogens (tertiary/aromatic N) is 6. The van der Waals surface area contributed by atoms with E-state index < -0.39 is 29.6 Å². The minimum atomic E-state index is -0.703. The van der Waals surface area contributed by atoms with Crippen molar-refractivity contribution in [1.29, 1.82) is 0 Å². The number of anilines is 1. The molecule has 8 rings (SSSR count). The molecule has 396 valence electrons. The molecule has 2 aliphatic heterocycles. The number of hydrogen-bond donors (Lipinski definition) is 6.